The lowest BCUT2D eigenvalue weighted by Gasteiger charge is -1.93. The average molecular weight is 247 g/mol. The highest BCUT2D eigenvalue weighted by atomic mass is 19.1. The van der Waals surface area contributed by atoms with Gasteiger partial charge in [0.2, 0.25) is 5.78 Å². The molecule has 0 amide bonds. The van der Waals surface area contributed by atoms with Crippen molar-refractivity contribution in [3.8, 4) is 0 Å². The zero-order chi connectivity index (χ0) is 12.7. The predicted octanol–water partition coefficient (Wildman–Crippen LogP) is 1.97. The molecule has 0 saturated heterocycles. The predicted molar refractivity (Wildman–Crippen MR) is 63.0 cm³/mol. The van der Waals surface area contributed by atoms with E-state index in [1.807, 2.05) is 0 Å². The Kier molecular flexibility index (Phi) is 2.29. The topological polar surface area (TPSA) is 70.4 Å². The number of H-pyrrole nitrogens is 1. The number of benzene rings is 1. The summed E-state index contributed by atoms with van der Waals surface area (Å²) in [7, 11) is 0. The lowest BCUT2D eigenvalue weighted by atomic mass is 10.2. The Morgan fingerprint density at radius 1 is 1.50 bits per heavy atom. The van der Waals surface area contributed by atoms with Crippen molar-refractivity contribution in [2.24, 2.45) is 0 Å². The molecule has 0 fully saturated rings. The van der Waals surface area contributed by atoms with Crippen molar-refractivity contribution in [3.63, 3.8) is 0 Å². The first-order valence-electron chi connectivity index (χ1n) is 5.50. The molecule has 3 aromatic rings. The summed E-state index contributed by atoms with van der Waals surface area (Å²) >= 11 is 0. The minimum atomic E-state index is -0.849. The van der Waals surface area contributed by atoms with Gasteiger partial charge in [-0.2, -0.15) is 0 Å². The number of rotatable bonds is 3. The number of aromatic amines is 1. The van der Waals surface area contributed by atoms with Crippen LogP contribution in [0.2, 0.25) is 0 Å². The van der Waals surface area contributed by atoms with Crippen molar-refractivity contribution < 1.29 is 14.3 Å². The molecular weight excluding hydrogens is 237 g/mol. The molecule has 0 bridgehead atoms. The summed E-state index contributed by atoms with van der Waals surface area (Å²) in [6, 6.07) is 4.38. The SMILES string of the molecule is O=C(O)CCc1cn2c(nc3ccc(F)cc32)[nH]1. The molecule has 2 N–H and O–H groups in total. The number of carboxylic acids is 1. The van der Waals surface area contributed by atoms with E-state index >= 15 is 0 Å². The molecule has 18 heavy (non-hydrogen) atoms. The van der Waals surface area contributed by atoms with Gasteiger partial charge in [-0.05, 0) is 18.6 Å². The number of hydrogen-bond donors (Lipinski definition) is 2. The Morgan fingerprint density at radius 2 is 2.33 bits per heavy atom. The second-order valence-electron chi connectivity index (χ2n) is 4.11. The summed E-state index contributed by atoms with van der Waals surface area (Å²) in [5, 5.41) is 8.62. The highest BCUT2D eigenvalue weighted by Gasteiger charge is 2.09. The van der Waals surface area contributed by atoms with Crippen LogP contribution in [0, 0.1) is 5.82 Å². The van der Waals surface area contributed by atoms with E-state index in [0.717, 1.165) is 5.69 Å². The summed E-state index contributed by atoms with van der Waals surface area (Å²) in [5.41, 5.74) is 2.14. The quantitative estimate of drug-likeness (QED) is 0.743. The van der Waals surface area contributed by atoms with E-state index in [1.54, 1.807) is 16.7 Å². The van der Waals surface area contributed by atoms with Crippen molar-refractivity contribution in [3.05, 3.63) is 35.9 Å². The zero-order valence-corrected chi connectivity index (χ0v) is 9.35. The molecule has 0 spiro atoms. The molecule has 0 aliphatic carbocycles. The summed E-state index contributed by atoms with van der Waals surface area (Å²) < 4.78 is 14.9. The first kappa shape index (κ1) is 10.8. The van der Waals surface area contributed by atoms with Gasteiger partial charge in [0.05, 0.1) is 17.5 Å². The van der Waals surface area contributed by atoms with Gasteiger partial charge in [-0.3, -0.25) is 9.20 Å². The number of carboxylic acid groups (broad SMARTS) is 1. The maximum atomic E-state index is 13.2. The van der Waals surface area contributed by atoms with Crippen LogP contribution in [0.3, 0.4) is 0 Å². The van der Waals surface area contributed by atoms with Crippen molar-refractivity contribution >= 4 is 22.8 Å². The monoisotopic (exact) mass is 247 g/mol. The van der Waals surface area contributed by atoms with E-state index < -0.39 is 5.97 Å². The van der Waals surface area contributed by atoms with E-state index in [2.05, 4.69) is 9.97 Å². The van der Waals surface area contributed by atoms with Gasteiger partial charge in [-0.15, -0.1) is 0 Å². The minimum absolute atomic E-state index is 0.0515. The fourth-order valence-corrected chi connectivity index (χ4v) is 1.99. The fourth-order valence-electron chi connectivity index (χ4n) is 1.99. The zero-order valence-electron chi connectivity index (χ0n) is 9.35. The summed E-state index contributed by atoms with van der Waals surface area (Å²) in [5.74, 6) is -0.577. The van der Waals surface area contributed by atoms with Gasteiger partial charge >= 0.3 is 5.97 Å². The van der Waals surface area contributed by atoms with E-state index in [0.29, 0.717) is 23.2 Å². The van der Waals surface area contributed by atoms with Gasteiger partial charge in [-0.1, -0.05) is 0 Å². The molecule has 0 radical (unpaired) electrons. The number of imidazole rings is 2. The number of fused-ring (bicyclic) bond motifs is 3. The van der Waals surface area contributed by atoms with Crippen LogP contribution in [-0.2, 0) is 11.2 Å². The Hall–Kier alpha value is -2.37. The third-order valence-corrected chi connectivity index (χ3v) is 2.82. The maximum absolute atomic E-state index is 13.2. The molecule has 0 aliphatic heterocycles. The molecule has 2 heterocycles. The van der Waals surface area contributed by atoms with Gasteiger partial charge < -0.3 is 10.1 Å². The van der Waals surface area contributed by atoms with Crippen molar-refractivity contribution in [2.45, 2.75) is 12.8 Å². The van der Waals surface area contributed by atoms with Crippen molar-refractivity contribution in [2.75, 3.05) is 0 Å². The number of nitrogens with zero attached hydrogens (tertiary/aromatic N) is 2. The Labute approximate surface area is 101 Å². The Bertz CT molecular complexity index is 744. The van der Waals surface area contributed by atoms with E-state index in [4.69, 9.17) is 5.11 Å². The largest absolute Gasteiger partial charge is 0.481 e. The van der Waals surface area contributed by atoms with Crippen molar-refractivity contribution in [1.82, 2.24) is 14.4 Å². The van der Waals surface area contributed by atoms with Crippen LogP contribution in [0.15, 0.2) is 24.4 Å². The normalized spacial score (nSPS) is 11.4. The number of aryl methyl sites for hydroxylation is 1. The smallest absolute Gasteiger partial charge is 0.303 e. The molecule has 0 atom stereocenters. The number of aliphatic carboxylic acids is 1. The van der Waals surface area contributed by atoms with Gasteiger partial charge in [0.1, 0.15) is 5.82 Å². The Balaban J connectivity index is 2.07. The van der Waals surface area contributed by atoms with Crippen LogP contribution in [0.1, 0.15) is 12.1 Å². The summed E-state index contributed by atoms with van der Waals surface area (Å²) in [4.78, 5) is 17.8. The molecule has 0 aliphatic rings. The average Bonchev–Trinajstić information content (AvgIpc) is 2.84. The second-order valence-corrected chi connectivity index (χ2v) is 4.11. The first-order chi connectivity index (χ1) is 8.63. The van der Waals surface area contributed by atoms with Gasteiger partial charge in [-0.25, -0.2) is 9.37 Å². The highest BCUT2D eigenvalue weighted by Crippen LogP contribution is 2.18. The molecule has 92 valence electrons. The van der Waals surface area contributed by atoms with Crippen molar-refractivity contribution in [1.29, 1.82) is 0 Å². The van der Waals surface area contributed by atoms with E-state index in [-0.39, 0.29) is 12.2 Å². The molecule has 0 unspecified atom stereocenters. The summed E-state index contributed by atoms with van der Waals surface area (Å²) in [6.45, 7) is 0. The summed E-state index contributed by atoms with van der Waals surface area (Å²) in [6.07, 6.45) is 2.21. The number of carbonyl (C=O) groups is 1. The van der Waals surface area contributed by atoms with Gasteiger partial charge in [0.15, 0.2) is 0 Å². The van der Waals surface area contributed by atoms with Crippen LogP contribution in [0.5, 0.6) is 0 Å². The molecule has 5 nitrogen and oxygen atoms in total. The number of aromatic nitrogens is 3. The van der Waals surface area contributed by atoms with Gasteiger partial charge in [0.25, 0.3) is 0 Å². The number of halogens is 1. The standard InChI is InChI=1S/C12H10FN3O2/c13-7-1-3-9-10(5-7)16-6-8(2-4-11(17)18)14-12(16)15-9/h1,3,5-6H,2,4H2,(H,14,15)(H,17,18). The van der Waals surface area contributed by atoms with Crippen LogP contribution in [0.25, 0.3) is 16.8 Å². The maximum Gasteiger partial charge on any atom is 0.303 e. The van der Waals surface area contributed by atoms with Gasteiger partial charge in [0, 0.05) is 18.0 Å². The minimum Gasteiger partial charge on any atom is -0.481 e. The number of nitrogens with one attached hydrogen (secondary N) is 1. The van der Waals surface area contributed by atoms with Crippen LogP contribution < -0.4 is 0 Å². The van der Waals surface area contributed by atoms with E-state index in [1.165, 1.54) is 12.1 Å². The van der Waals surface area contributed by atoms with Crippen LogP contribution >= 0.6 is 0 Å². The fraction of sp³-hybridized carbons (Fsp3) is 0.167. The van der Waals surface area contributed by atoms with Crippen LogP contribution in [-0.4, -0.2) is 25.4 Å². The Morgan fingerprint density at radius 3 is 3.11 bits per heavy atom. The third kappa shape index (κ3) is 1.71. The first-order valence-corrected chi connectivity index (χ1v) is 5.50. The molecule has 3 rings (SSSR count). The molecule has 1 aromatic carbocycles. The molecule has 6 heteroatoms. The van der Waals surface area contributed by atoms with E-state index in [9.17, 15) is 9.18 Å². The molecule has 0 saturated carbocycles. The highest BCUT2D eigenvalue weighted by molar-refractivity contribution is 5.79. The second kappa shape index (κ2) is 3.83. The van der Waals surface area contributed by atoms with Crippen LogP contribution in [0.4, 0.5) is 4.39 Å². The lowest BCUT2D eigenvalue weighted by Crippen LogP contribution is -1.97. The molecule has 2 aromatic heterocycles. The third-order valence-electron chi connectivity index (χ3n) is 2.82. The lowest BCUT2D eigenvalue weighted by molar-refractivity contribution is -0.136. The molecular formula is C12H10FN3O2. The number of hydrogen-bond acceptors (Lipinski definition) is 2.